The van der Waals surface area contributed by atoms with Gasteiger partial charge < -0.3 is 14.4 Å². The van der Waals surface area contributed by atoms with Crippen LogP contribution in [-0.2, 0) is 27.1 Å². The maximum Gasteiger partial charge on any atom is 0.252 e. The Morgan fingerprint density at radius 2 is 0.648 bits per heavy atom. The fourth-order valence-corrected chi connectivity index (χ4v) is 16.0. The number of hydrogen-bond acceptors (Lipinski definition) is 5. The summed E-state index contributed by atoms with van der Waals surface area (Å²) >= 11 is 0. The van der Waals surface area contributed by atoms with E-state index in [0.29, 0.717) is 23.0 Å². The van der Waals surface area contributed by atoms with Gasteiger partial charge in [0.25, 0.3) is 6.71 Å². The van der Waals surface area contributed by atoms with E-state index in [-0.39, 0.29) is 39.3 Å². The van der Waals surface area contributed by atoms with Crippen LogP contribution in [-0.4, -0.2) is 26.2 Å². The molecule has 0 unspecified atom stereocenters. The van der Waals surface area contributed by atoms with Gasteiger partial charge in [0.05, 0.1) is 29.3 Å². The number of anilines is 6. The van der Waals surface area contributed by atoms with Crippen LogP contribution in [0.1, 0.15) is 139 Å². The van der Waals surface area contributed by atoms with Crippen LogP contribution < -0.4 is 26.2 Å². The van der Waals surface area contributed by atoms with E-state index in [0.717, 1.165) is 134 Å². The SMILES string of the molecule is [2H]c1c([2H])c([2H])c(-c2ccc3c(c2)N(c2c(-c4ccccc4)cc(C(C)(C)C)cc2-c2ccccc2)c2cc(C(C)(C)C)cc4c2B3c2ccc(-n3c5ccc(C(C)(C)C)cc5c5cc(C(C)(C)C)ccc53)cc2N4c2c(-c3ccccc3)cc(C(C)(C)C)cc2-c2nc(-c3ccccc3)nc(-c3ccccc3)n2)c([2H])c1[2H]. The summed E-state index contributed by atoms with van der Waals surface area (Å²) in [6.07, 6.45) is 0. The lowest BCUT2D eigenvalue weighted by molar-refractivity contribution is 0.590. The fraction of sp³-hybridized carbons (Fsp3) is 0.198. The van der Waals surface area contributed by atoms with Crippen LogP contribution in [0, 0.1) is 0 Å². The summed E-state index contributed by atoms with van der Waals surface area (Å²) in [5.74, 6) is 1.60. The molecule has 6 nitrogen and oxygen atoms in total. The second kappa shape index (κ2) is 26.1. The third-order valence-electron chi connectivity index (χ3n) is 22.1. The van der Waals surface area contributed by atoms with Crippen LogP contribution in [0.25, 0.3) is 106 Å². The lowest BCUT2D eigenvalue weighted by atomic mass is 9.33. The smallest absolute Gasteiger partial charge is 0.252 e. The first kappa shape index (κ1) is 63.6. The monoisotopic (exact) mass is 1410 g/mol. The van der Waals surface area contributed by atoms with Crippen molar-refractivity contribution in [3.8, 4) is 84.4 Å². The van der Waals surface area contributed by atoms with Crippen molar-refractivity contribution < 1.29 is 6.85 Å². The Hall–Kier alpha value is -11.7. The van der Waals surface area contributed by atoms with Crippen molar-refractivity contribution in [1.29, 1.82) is 0 Å². The largest absolute Gasteiger partial charge is 0.310 e. The average Bonchev–Trinajstić information content (AvgIpc) is 0.904. The van der Waals surface area contributed by atoms with Crippen molar-refractivity contribution in [2.75, 3.05) is 9.80 Å². The molecule has 0 aliphatic carbocycles. The van der Waals surface area contributed by atoms with Crippen LogP contribution in [0.2, 0.25) is 0 Å². The number of aromatic nitrogens is 4. The third-order valence-corrected chi connectivity index (χ3v) is 22.1. The fourth-order valence-electron chi connectivity index (χ4n) is 16.0. The Bertz CT molecular complexity index is 6100. The Labute approximate surface area is 645 Å². The number of nitrogens with zero attached hydrogens (tertiary/aromatic N) is 6. The summed E-state index contributed by atoms with van der Waals surface area (Å²) in [5.41, 5.74) is 25.2. The molecule has 2 aliphatic rings. The van der Waals surface area contributed by atoms with Gasteiger partial charge in [0.15, 0.2) is 17.5 Å². The molecule has 0 atom stereocenters. The van der Waals surface area contributed by atoms with Crippen LogP contribution in [0.4, 0.5) is 34.1 Å². The lowest BCUT2D eigenvalue weighted by Gasteiger charge is -2.46. The quantitative estimate of drug-likeness (QED) is 0.128. The minimum absolute atomic E-state index is 0.127. The zero-order chi connectivity index (χ0) is 79.3. The van der Waals surface area contributed by atoms with Crippen molar-refractivity contribution in [2.45, 2.75) is 131 Å². The van der Waals surface area contributed by atoms with Crippen LogP contribution in [0.3, 0.4) is 0 Å². The Balaban J connectivity index is 1.09. The molecule has 0 saturated heterocycles. The predicted octanol–water partition coefficient (Wildman–Crippen LogP) is 25.2. The van der Waals surface area contributed by atoms with E-state index >= 15 is 0 Å². The summed E-state index contributed by atoms with van der Waals surface area (Å²) < 4.78 is 49.1. The zero-order valence-corrected chi connectivity index (χ0v) is 64.6. The van der Waals surface area contributed by atoms with Gasteiger partial charge in [-0.1, -0.05) is 316 Å². The summed E-state index contributed by atoms with van der Waals surface area (Å²) in [5, 5.41) is 2.36. The van der Waals surface area contributed by atoms with Crippen LogP contribution in [0.15, 0.2) is 291 Å². The van der Waals surface area contributed by atoms with E-state index < -0.39 is 30.3 Å². The van der Waals surface area contributed by atoms with Crippen molar-refractivity contribution in [2.24, 2.45) is 0 Å². The van der Waals surface area contributed by atoms with Gasteiger partial charge in [0.1, 0.15) is 0 Å². The first-order valence-corrected chi connectivity index (χ1v) is 37.9. The topological polar surface area (TPSA) is 50.1 Å². The molecule has 530 valence electrons. The second-order valence-electron chi connectivity index (χ2n) is 34.6. The highest BCUT2D eigenvalue weighted by atomic mass is 15.2. The van der Waals surface area contributed by atoms with E-state index in [1.54, 1.807) is 0 Å². The first-order chi connectivity index (χ1) is 53.8. The summed E-state index contributed by atoms with van der Waals surface area (Å²) in [6.45, 7) is 33.9. The van der Waals surface area contributed by atoms with Crippen molar-refractivity contribution in [1.82, 2.24) is 19.5 Å². The number of hydrogen-bond donors (Lipinski definition) is 0. The van der Waals surface area contributed by atoms with E-state index in [2.05, 4.69) is 337 Å². The summed E-state index contributed by atoms with van der Waals surface area (Å²) in [6, 6.07) is 92.9. The molecule has 0 bridgehead atoms. The molecule has 15 aromatic rings. The van der Waals surface area contributed by atoms with Crippen LogP contribution >= 0.6 is 0 Å². The van der Waals surface area contributed by atoms with Crippen molar-refractivity contribution in [3.63, 3.8) is 0 Å². The minimum atomic E-state index is -0.498. The molecule has 0 saturated carbocycles. The second-order valence-corrected chi connectivity index (χ2v) is 34.6. The third kappa shape index (κ3) is 12.3. The summed E-state index contributed by atoms with van der Waals surface area (Å²) in [7, 11) is 0. The Morgan fingerprint density at radius 1 is 0.287 bits per heavy atom. The molecular weight excluding hydrogens is 1310 g/mol. The molecule has 13 aromatic carbocycles. The van der Waals surface area contributed by atoms with E-state index in [1.165, 1.54) is 21.9 Å². The number of fused-ring (bicyclic) bond motifs is 7. The number of rotatable bonds is 10. The van der Waals surface area contributed by atoms with Gasteiger partial charge in [-0.25, -0.2) is 15.0 Å². The standard InChI is InChI=1S/C101H93BN6/c1-97(2,3)71-47-52-85-80(55-71)81-56-72(98(4,5)6)48-53-86(81)106(85)76-49-51-84-88(63-76)108(93-79(67-40-28-19-29-41-67)59-74(100(10,11)12)60-82(93)96-104-94(68-42-30-20-31-43-68)103-95(105-96)69-44-32-21-33-45-69)90-62-75(101(13,14)15)61-89-91(90)102(84)83-50-46-70(64-34-22-16-23-35-64)54-87(83)107(89)92-77(65-36-24-17-25-37-65)57-73(99(7,8)9)58-78(92)66-38-26-18-27-39-66/h16-63H,1-15H3/i16D,22D,23D,34D,35D. The molecule has 0 fully saturated rings. The maximum absolute atomic E-state index is 9.70. The normalized spacial score (nSPS) is 13.7. The lowest BCUT2D eigenvalue weighted by Crippen LogP contribution is -2.61. The number of benzene rings is 13. The predicted molar refractivity (Wildman–Crippen MR) is 460 cm³/mol. The first-order valence-electron chi connectivity index (χ1n) is 40.4. The molecule has 0 spiro atoms. The molecule has 17 rings (SSSR count). The van der Waals surface area contributed by atoms with Gasteiger partial charge in [-0.2, -0.15) is 0 Å². The molecular formula is C101H93BN6. The molecule has 2 aliphatic heterocycles. The van der Waals surface area contributed by atoms with Gasteiger partial charge in [0, 0.05) is 72.6 Å². The van der Waals surface area contributed by atoms with Gasteiger partial charge in [-0.3, -0.25) is 0 Å². The van der Waals surface area contributed by atoms with E-state index in [1.807, 2.05) is 42.5 Å². The Kier molecular flexibility index (Phi) is 15.4. The molecule has 7 heteroatoms. The van der Waals surface area contributed by atoms with Crippen molar-refractivity contribution in [3.05, 3.63) is 319 Å². The minimum Gasteiger partial charge on any atom is -0.310 e. The van der Waals surface area contributed by atoms with Gasteiger partial charge in [-0.05, 0) is 178 Å². The average molecular weight is 1410 g/mol. The van der Waals surface area contributed by atoms with Gasteiger partial charge in [-0.15, -0.1) is 0 Å². The molecule has 4 heterocycles. The zero-order valence-electron chi connectivity index (χ0n) is 69.6. The highest BCUT2D eigenvalue weighted by Gasteiger charge is 2.47. The highest BCUT2D eigenvalue weighted by molar-refractivity contribution is 7.00. The maximum atomic E-state index is 9.70. The van der Waals surface area contributed by atoms with Gasteiger partial charge in [0.2, 0.25) is 0 Å². The van der Waals surface area contributed by atoms with Crippen molar-refractivity contribution >= 4 is 79.0 Å². The van der Waals surface area contributed by atoms with E-state index in [4.69, 9.17) is 16.3 Å². The molecule has 108 heavy (non-hydrogen) atoms. The summed E-state index contributed by atoms with van der Waals surface area (Å²) in [4.78, 5) is 21.9. The molecule has 2 aromatic heterocycles. The molecule has 0 radical (unpaired) electrons. The van der Waals surface area contributed by atoms with Gasteiger partial charge >= 0.3 is 0 Å². The Morgan fingerprint density at radius 3 is 1.06 bits per heavy atom. The molecule has 0 N–H and O–H groups in total. The molecule has 0 amide bonds. The van der Waals surface area contributed by atoms with E-state index in [9.17, 15) is 5.48 Å². The highest BCUT2D eigenvalue weighted by Crippen LogP contribution is 2.56. The van der Waals surface area contributed by atoms with Crippen LogP contribution in [0.5, 0.6) is 0 Å².